The summed E-state index contributed by atoms with van der Waals surface area (Å²) >= 11 is 0. The molecule has 1 N–H and O–H groups in total. The summed E-state index contributed by atoms with van der Waals surface area (Å²) in [6, 6.07) is 3.79. The van der Waals surface area contributed by atoms with Gasteiger partial charge in [-0.2, -0.15) is 0 Å². The quantitative estimate of drug-likeness (QED) is 0.825. The number of nitrogens with one attached hydrogen (secondary N) is 1. The van der Waals surface area contributed by atoms with E-state index >= 15 is 0 Å². The molecule has 134 valence electrons. The predicted octanol–water partition coefficient (Wildman–Crippen LogP) is 0.402. The largest absolute Gasteiger partial charge is 0.333 e. The number of amides is 1. The van der Waals surface area contributed by atoms with Crippen molar-refractivity contribution in [2.45, 2.75) is 18.9 Å². The van der Waals surface area contributed by atoms with Gasteiger partial charge < -0.3 is 10.2 Å². The van der Waals surface area contributed by atoms with E-state index in [2.05, 4.69) is 10.3 Å². The van der Waals surface area contributed by atoms with Crippen molar-refractivity contribution < 1.29 is 13.2 Å². The third kappa shape index (κ3) is 4.24. The van der Waals surface area contributed by atoms with Crippen molar-refractivity contribution in [3.8, 4) is 0 Å². The third-order valence-electron chi connectivity index (χ3n) is 4.41. The van der Waals surface area contributed by atoms with Gasteiger partial charge in [0, 0.05) is 51.5 Å². The van der Waals surface area contributed by atoms with E-state index in [4.69, 9.17) is 0 Å². The molecule has 2 aliphatic rings. The van der Waals surface area contributed by atoms with E-state index in [0.717, 1.165) is 12.1 Å². The molecule has 2 fully saturated rings. The Balaban J connectivity index is 0.00000208. The second-order valence-corrected chi connectivity index (χ2v) is 8.00. The summed E-state index contributed by atoms with van der Waals surface area (Å²) in [5.41, 5.74) is 1.00. The van der Waals surface area contributed by atoms with Crippen LogP contribution in [0.2, 0.25) is 0 Å². The van der Waals surface area contributed by atoms with Crippen LogP contribution in [0.25, 0.3) is 0 Å². The molecule has 0 aliphatic carbocycles. The average molecular weight is 375 g/mol. The number of pyridine rings is 1. The van der Waals surface area contributed by atoms with Crippen LogP contribution in [0.5, 0.6) is 0 Å². The molecule has 0 radical (unpaired) electrons. The highest BCUT2D eigenvalue weighted by molar-refractivity contribution is 7.89. The topological polar surface area (TPSA) is 82.6 Å². The standard InChI is InChI=1S/C15H22N4O3S.ClH/c20-15(4-8-18-7-2-10-23(18,21)22)19-9-6-17-12-14(19)13-3-1-5-16-11-13;/h1,3,5,11,14,17H,2,4,6-10,12H2;1H. The Kier molecular flexibility index (Phi) is 6.56. The van der Waals surface area contributed by atoms with E-state index in [1.165, 1.54) is 4.31 Å². The first-order valence-electron chi connectivity index (χ1n) is 7.96. The second kappa shape index (κ2) is 8.24. The lowest BCUT2D eigenvalue weighted by molar-refractivity contribution is -0.134. The Hall–Kier alpha value is -1.22. The lowest BCUT2D eigenvalue weighted by atomic mass is 10.0. The summed E-state index contributed by atoms with van der Waals surface area (Å²) in [5.74, 6) is 0.204. The maximum absolute atomic E-state index is 12.6. The zero-order valence-electron chi connectivity index (χ0n) is 13.4. The van der Waals surface area contributed by atoms with Crippen LogP contribution in [0.1, 0.15) is 24.4 Å². The maximum Gasteiger partial charge on any atom is 0.224 e. The van der Waals surface area contributed by atoms with Crippen molar-refractivity contribution in [2.24, 2.45) is 0 Å². The highest BCUT2D eigenvalue weighted by Crippen LogP contribution is 2.22. The Labute approximate surface area is 148 Å². The van der Waals surface area contributed by atoms with Gasteiger partial charge in [-0.15, -0.1) is 12.4 Å². The molecule has 2 saturated heterocycles. The van der Waals surface area contributed by atoms with Crippen LogP contribution in [0, 0.1) is 0 Å². The number of rotatable bonds is 4. The van der Waals surface area contributed by atoms with Gasteiger partial charge in [0.2, 0.25) is 15.9 Å². The van der Waals surface area contributed by atoms with Crippen molar-refractivity contribution >= 4 is 28.3 Å². The van der Waals surface area contributed by atoms with E-state index in [9.17, 15) is 13.2 Å². The molecule has 1 aromatic heterocycles. The predicted molar refractivity (Wildman–Crippen MR) is 93.4 cm³/mol. The molecule has 24 heavy (non-hydrogen) atoms. The number of piperazine rings is 1. The molecule has 1 atom stereocenters. The number of hydrogen-bond acceptors (Lipinski definition) is 5. The molecule has 7 nitrogen and oxygen atoms in total. The van der Waals surface area contributed by atoms with Gasteiger partial charge in [0.15, 0.2) is 0 Å². The van der Waals surface area contributed by atoms with Crippen molar-refractivity contribution in [1.29, 1.82) is 0 Å². The zero-order chi connectivity index (χ0) is 16.3. The fourth-order valence-electron chi connectivity index (χ4n) is 3.18. The molecule has 0 saturated carbocycles. The molecule has 9 heteroatoms. The Bertz CT molecular complexity index is 656. The number of hydrogen-bond donors (Lipinski definition) is 1. The number of sulfonamides is 1. The minimum atomic E-state index is -3.14. The highest BCUT2D eigenvalue weighted by Gasteiger charge is 2.31. The van der Waals surface area contributed by atoms with Crippen molar-refractivity contribution in [1.82, 2.24) is 19.5 Å². The normalized spacial score (nSPS) is 23.7. The maximum atomic E-state index is 12.6. The van der Waals surface area contributed by atoms with Crippen LogP contribution < -0.4 is 5.32 Å². The van der Waals surface area contributed by atoms with Crippen LogP contribution in [-0.4, -0.2) is 67.0 Å². The van der Waals surface area contributed by atoms with E-state index < -0.39 is 10.0 Å². The van der Waals surface area contributed by atoms with Gasteiger partial charge in [0.25, 0.3) is 0 Å². The summed E-state index contributed by atoms with van der Waals surface area (Å²) in [4.78, 5) is 18.6. The molecule has 1 unspecified atom stereocenters. The molecular formula is C15H23ClN4O3S. The van der Waals surface area contributed by atoms with Crippen LogP contribution in [0.15, 0.2) is 24.5 Å². The Morgan fingerprint density at radius 3 is 2.88 bits per heavy atom. The molecule has 1 amide bonds. The van der Waals surface area contributed by atoms with Crippen molar-refractivity contribution in [3.05, 3.63) is 30.1 Å². The third-order valence-corrected chi connectivity index (χ3v) is 6.37. The molecule has 2 aliphatic heterocycles. The summed E-state index contributed by atoms with van der Waals surface area (Å²) < 4.78 is 25.1. The van der Waals surface area contributed by atoms with E-state index in [1.807, 2.05) is 17.0 Å². The number of nitrogens with zero attached hydrogens (tertiary/aromatic N) is 3. The van der Waals surface area contributed by atoms with Gasteiger partial charge in [0.05, 0.1) is 11.8 Å². The number of carbonyl (C=O) groups excluding carboxylic acids is 1. The van der Waals surface area contributed by atoms with Gasteiger partial charge in [-0.25, -0.2) is 12.7 Å². The Morgan fingerprint density at radius 1 is 1.38 bits per heavy atom. The SMILES string of the molecule is Cl.O=C(CCN1CCCS1(=O)=O)N1CCNCC1c1cccnc1. The number of halogens is 1. The Morgan fingerprint density at radius 2 is 2.21 bits per heavy atom. The minimum absolute atomic E-state index is 0. The molecule has 0 bridgehead atoms. The smallest absolute Gasteiger partial charge is 0.224 e. The molecule has 3 heterocycles. The van der Waals surface area contributed by atoms with Crippen LogP contribution in [0.4, 0.5) is 0 Å². The average Bonchev–Trinajstić information content (AvgIpc) is 2.92. The van der Waals surface area contributed by atoms with Crippen LogP contribution >= 0.6 is 12.4 Å². The first-order chi connectivity index (χ1) is 11.1. The molecule has 0 spiro atoms. The minimum Gasteiger partial charge on any atom is -0.333 e. The monoisotopic (exact) mass is 374 g/mol. The van der Waals surface area contributed by atoms with Gasteiger partial charge >= 0.3 is 0 Å². The molecular weight excluding hydrogens is 352 g/mol. The van der Waals surface area contributed by atoms with E-state index in [-0.39, 0.29) is 43.1 Å². The van der Waals surface area contributed by atoms with E-state index in [0.29, 0.717) is 26.1 Å². The van der Waals surface area contributed by atoms with Gasteiger partial charge in [0.1, 0.15) is 0 Å². The van der Waals surface area contributed by atoms with E-state index in [1.54, 1.807) is 12.4 Å². The van der Waals surface area contributed by atoms with Crippen LogP contribution in [0.3, 0.4) is 0 Å². The van der Waals surface area contributed by atoms with Gasteiger partial charge in [-0.1, -0.05) is 6.07 Å². The fraction of sp³-hybridized carbons (Fsp3) is 0.600. The summed E-state index contributed by atoms with van der Waals surface area (Å²) in [7, 11) is -3.14. The van der Waals surface area contributed by atoms with Crippen LogP contribution in [-0.2, 0) is 14.8 Å². The lowest BCUT2D eigenvalue weighted by Gasteiger charge is -2.36. The second-order valence-electron chi connectivity index (χ2n) is 5.91. The van der Waals surface area contributed by atoms with Crippen molar-refractivity contribution in [2.75, 3.05) is 38.5 Å². The molecule has 0 aromatic carbocycles. The highest BCUT2D eigenvalue weighted by atomic mass is 35.5. The zero-order valence-corrected chi connectivity index (χ0v) is 15.1. The summed E-state index contributed by atoms with van der Waals surface area (Å²) in [6.07, 6.45) is 4.38. The summed E-state index contributed by atoms with van der Waals surface area (Å²) in [5, 5.41) is 3.30. The summed E-state index contributed by atoms with van der Waals surface area (Å²) in [6.45, 7) is 2.89. The number of carbonyl (C=O) groups is 1. The first kappa shape index (κ1) is 19.1. The molecule has 1 aromatic rings. The first-order valence-corrected chi connectivity index (χ1v) is 9.57. The number of aromatic nitrogens is 1. The molecule has 3 rings (SSSR count). The van der Waals surface area contributed by atoms with Crippen molar-refractivity contribution in [3.63, 3.8) is 0 Å². The van der Waals surface area contributed by atoms with Gasteiger partial charge in [-0.05, 0) is 18.1 Å². The fourth-order valence-corrected chi connectivity index (χ4v) is 4.71. The lowest BCUT2D eigenvalue weighted by Crippen LogP contribution is -2.49. The van der Waals surface area contributed by atoms with Gasteiger partial charge in [-0.3, -0.25) is 9.78 Å².